The lowest BCUT2D eigenvalue weighted by atomic mass is 10.2. The molecule has 0 fully saturated rings. The lowest BCUT2D eigenvalue weighted by Gasteiger charge is -2.15. The van der Waals surface area contributed by atoms with E-state index < -0.39 is 18.0 Å². The van der Waals surface area contributed by atoms with Crippen LogP contribution in [0.5, 0.6) is 5.75 Å². The Morgan fingerprint density at radius 2 is 1.83 bits per heavy atom. The number of para-hydroxylation sites is 1. The van der Waals surface area contributed by atoms with Crippen molar-refractivity contribution in [2.45, 2.75) is 26.9 Å². The molecule has 0 radical (unpaired) electrons. The van der Waals surface area contributed by atoms with Gasteiger partial charge in [0.05, 0.1) is 29.9 Å². The molecule has 8 heteroatoms. The molecule has 1 atom stereocenters. The molecule has 7 nitrogen and oxygen atoms in total. The molecular formula is C22H22ClN3O4. The average Bonchev–Trinajstić information content (AvgIpc) is 3.02. The predicted octanol–water partition coefficient (Wildman–Crippen LogP) is 4.34. The van der Waals surface area contributed by atoms with Gasteiger partial charge < -0.3 is 14.8 Å². The number of benzene rings is 2. The second kappa shape index (κ2) is 9.00. The third-order valence-corrected chi connectivity index (χ3v) is 4.80. The van der Waals surface area contributed by atoms with Crippen molar-refractivity contribution in [3.8, 4) is 11.4 Å². The number of esters is 1. The first kappa shape index (κ1) is 21.4. The Morgan fingerprint density at radius 1 is 1.13 bits per heavy atom. The van der Waals surface area contributed by atoms with Crippen molar-refractivity contribution < 1.29 is 19.1 Å². The van der Waals surface area contributed by atoms with Crippen LogP contribution in [0.4, 0.5) is 5.69 Å². The van der Waals surface area contributed by atoms with Crippen LogP contribution in [-0.2, 0) is 9.53 Å². The van der Waals surface area contributed by atoms with Crippen molar-refractivity contribution in [1.29, 1.82) is 0 Å². The summed E-state index contributed by atoms with van der Waals surface area (Å²) in [6.07, 6.45) is -1.04. The minimum Gasteiger partial charge on any atom is -0.495 e. The molecule has 156 valence electrons. The number of hydrogen-bond acceptors (Lipinski definition) is 5. The molecule has 1 heterocycles. The number of hydrogen-bond donors (Lipinski definition) is 1. The molecule has 30 heavy (non-hydrogen) atoms. The number of ether oxygens (including phenoxy) is 2. The van der Waals surface area contributed by atoms with Crippen LogP contribution in [0.3, 0.4) is 0 Å². The zero-order valence-corrected chi connectivity index (χ0v) is 17.9. The van der Waals surface area contributed by atoms with E-state index in [1.807, 2.05) is 30.3 Å². The minimum absolute atomic E-state index is 0.332. The monoisotopic (exact) mass is 427 g/mol. The van der Waals surface area contributed by atoms with E-state index >= 15 is 0 Å². The van der Waals surface area contributed by atoms with Gasteiger partial charge in [-0.15, -0.1) is 0 Å². The normalized spacial score (nSPS) is 11.6. The van der Waals surface area contributed by atoms with Crippen molar-refractivity contribution in [1.82, 2.24) is 9.78 Å². The number of rotatable bonds is 6. The third kappa shape index (κ3) is 4.46. The third-order valence-electron chi connectivity index (χ3n) is 4.57. The number of anilines is 1. The van der Waals surface area contributed by atoms with Gasteiger partial charge in [-0.1, -0.05) is 29.8 Å². The van der Waals surface area contributed by atoms with Gasteiger partial charge in [-0.25, -0.2) is 9.48 Å². The Hall–Kier alpha value is -3.32. The number of carbonyl (C=O) groups excluding carboxylic acids is 2. The maximum Gasteiger partial charge on any atom is 0.342 e. The quantitative estimate of drug-likeness (QED) is 0.592. The van der Waals surface area contributed by atoms with Gasteiger partial charge in [0.15, 0.2) is 6.10 Å². The van der Waals surface area contributed by atoms with Gasteiger partial charge in [0.1, 0.15) is 11.3 Å². The first-order valence-electron chi connectivity index (χ1n) is 9.28. The van der Waals surface area contributed by atoms with E-state index in [0.29, 0.717) is 33.4 Å². The largest absolute Gasteiger partial charge is 0.495 e. The summed E-state index contributed by atoms with van der Waals surface area (Å²) < 4.78 is 12.3. The topological polar surface area (TPSA) is 82.4 Å². The standard InChI is InChI=1S/C22H22ClN3O4/c1-13-20(14(2)26(25-13)17-8-6-5-7-9-17)22(28)30-15(3)21(27)24-18-12-16(23)10-11-19(18)29-4/h5-12,15H,1-4H3,(H,24,27). The second-order valence-corrected chi connectivity index (χ2v) is 7.11. The molecule has 3 aromatic rings. The van der Waals surface area contributed by atoms with Crippen molar-refractivity contribution >= 4 is 29.2 Å². The number of nitrogens with zero attached hydrogens (tertiary/aromatic N) is 2. The van der Waals surface area contributed by atoms with E-state index in [1.54, 1.807) is 36.7 Å². The zero-order chi connectivity index (χ0) is 21.8. The summed E-state index contributed by atoms with van der Waals surface area (Å²) in [5.74, 6) is -0.676. The molecule has 0 aliphatic heterocycles. The molecule has 2 aromatic carbocycles. The molecule has 0 spiro atoms. The van der Waals surface area contributed by atoms with Crippen molar-refractivity contribution in [3.63, 3.8) is 0 Å². The van der Waals surface area contributed by atoms with Gasteiger partial charge in [-0.3, -0.25) is 4.79 Å². The minimum atomic E-state index is -1.04. The summed E-state index contributed by atoms with van der Waals surface area (Å²) >= 11 is 5.99. The fourth-order valence-corrected chi connectivity index (χ4v) is 3.22. The number of halogens is 1. The Labute approximate surface area is 179 Å². The van der Waals surface area contributed by atoms with Gasteiger partial charge in [0.25, 0.3) is 5.91 Å². The highest BCUT2D eigenvalue weighted by atomic mass is 35.5. The number of carbonyl (C=O) groups is 2. The van der Waals surface area contributed by atoms with Gasteiger partial charge in [0, 0.05) is 5.02 Å². The van der Waals surface area contributed by atoms with Gasteiger partial charge in [0.2, 0.25) is 0 Å². The Morgan fingerprint density at radius 3 is 2.50 bits per heavy atom. The van der Waals surface area contributed by atoms with Gasteiger partial charge in [-0.2, -0.15) is 5.10 Å². The molecule has 0 aliphatic rings. The summed E-state index contributed by atoms with van der Waals surface area (Å²) in [6.45, 7) is 5.01. The first-order valence-corrected chi connectivity index (χ1v) is 9.66. The van der Waals surface area contributed by atoms with E-state index in [2.05, 4.69) is 10.4 Å². The SMILES string of the molecule is COc1ccc(Cl)cc1NC(=O)C(C)OC(=O)c1c(C)nn(-c2ccccc2)c1C. The number of amides is 1. The highest BCUT2D eigenvalue weighted by Crippen LogP contribution is 2.28. The first-order chi connectivity index (χ1) is 14.3. The Bertz CT molecular complexity index is 1080. The number of aromatic nitrogens is 2. The van der Waals surface area contributed by atoms with Gasteiger partial charge in [-0.05, 0) is 51.1 Å². The van der Waals surface area contributed by atoms with Crippen LogP contribution in [0, 0.1) is 13.8 Å². The van der Waals surface area contributed by atoms with Crippen molar-refractivity contribution in [2.75, 3.05) is 12.4 Å². The van der Waals surface area contributed by atoms with Crippen LogP contribution < -0.4 is 10.1 Å². The second-order valence-electron chi connectivity index (χ2n) is 6.67. The maximum absolute atomic E-state index is 12.8. The summed E-state index contributed by atoms with van der Waals surface area (Å²) in [5, 5.41) is 7.55. The molecule has 1 N–H and O–H groups in total. The number of nitrogens with one attached hydrogen (secondary N) is 1. The average molecular weight is 428 g/mol. The van der Waals surface area contributed by atoms with E-state index in [0.717, 1.165) is 5.69 Å². The van der Waals surface area contributed by atoms with Crippen LogP contribution in [0.1, 0.15) is 28.7 Å². The molecule has 0 bridgehead atoms. The summed E-state index contributed by atoms with van der Waals surface area (Å²) in [7, 11) is 1.48. The summed E-state index contributed by atoms with van der Waals surface area (Å²) in [6, 6.07) is 14.3. The molecule has 3 rings (SSSR count). The zero-order valence-electron chi connectivity index (χ0n) is 17.1. The highest BCUT2D eigenvalue weighted by molar-refractivity contribution is 6.31. The molecule has 1 unspecified atom stereocenters. The molecule has 1 amide bonds. The van der Waals surface area contributed by atoms with E-state index in [1.165, 1.54) is 14.0 Å². The number of methoxy groups -OCH3 is 1. The lowest BCUT2D eigenvalue weighted by molar-refractivity contribution is -0.123. The van der Waals surface area contributed by atoms with Gasteiger partial charge >= 0.3 is 5.97 Å². The molecular weight excluding hydrogens is 406 g/mol. The van der Waals surface area contributed by atoms with Crippen LogP contribution in [0.25, 0.3) is 5.69 Å². The van der Waals surface area contributed by atoms with E-state index in [9.17, 15) is 9.59 Å². The Balaban J connectivity index is 1.75. The van der Waals surface area contributed by atoms with Crippen LogP contribution in [-0.4, -0.2) is 34.9 Å². The highest BCUT2D eigenvalue weighted by Gasteiger charge is 2.25. The van der Waals surface area contributed by atoms with E-state index in [4.69, 9.17) is 21.1 Å². The van der Waals surface area contributed by atoms with Crippen LogP contribution in [0.2, 0.25) is 5.02 Å². The molecule has 0 saturated carbocycles. The smallest absolute Gasteiger partial charge is 0.342 e. The summed E-state index contributed by atoms with van der Waals surface area (Å²) in [5.41, 5.74) is 2.70. The van der Waals surface area contributed by atoms with Crippen LogP contribution >= 0.6 is 11.6 Å². The maximum atomic E-state index is 12.8. The van der Waals surface area contributed by atoms with Crippen molar-refractivity contribution in [2.24, 2.45) is 0 Å². The fourth-order valence-electron chi connectivity index (χ4n) is 3.04. The number of aryl methyl sites for hydroxylation is 1. The predicted molar refractivity (Wildman–Crippen MR) is 115 cm³/mol. The van der Waals surface area contributed by atoms with E-state index in [-0.39, 0.29) is 0 Å². The molecule has 1 aromatic heterocycles. The lowest BCUT2D eigenvalue weighted by Crippen LogP contribution is -2.30. The Kier molecular flexibility index (Phi) is 6.42. The molecule has 0 saturated heterocycles. The summed E-state index contributed by atoms with van der Waals surface area (Å²) in [4.78, 5) is 25.3. The van der Waals surface area contributed by atoms with Crippen LogP contribution in [0.15, 0.2) is 48.5 Å². The fraction of sp³-hybridized carbons (Fsp3) is 0.227. The van der Waals surface area contributed by atoms with Crippen molar-refractivity contribution in [3.05, 3.63) is 70.5 Å². The molecule has 0 aliphatic carbocycles.